The Morgan fingerprint density at radius 2 is 1.12 bits per heavy atom. The Morgan fingerprint density at radius 3 is 1.47 bits per heavy atom. The number of carboxylic acid groups (broad SMARTS) is 1. The van der Waals surface area contributed by atoms with E-state index in [2.05, 4.69) is 20.5 Å². The number of amides is 3. The number of aliphatic hydroxyl groups excluding tert-OH is 2. The summed E-state index contributed by atoms with van der Waals surface area (Å²) in [7, 11) is 0. The van der Waals surface area contributed by atoms with Crippen molar-refractivity contribution < 1.29 is 53.5 Å². The third kappa shape index (κ3) is 13.6. The van der Waals surface area contributed by atoms with Crippen LogP contribution in [0.25, 0.3) is 9.69 Å². The van der Waals surface area contributed by atoms with Crippen molar-refractivity contribution in [2.24, 2.45) is 17.7 Å². The second kappa shape index (κ2) is 22.6. The number of aromatic hydroxyl groups is 2. The number of carbonyl (C=O) groups excluding carboxylic acids is 3. The van der Waals surface area contributed by atoms with E-state index < -0.39 is 70.9 Å². The molecule has 0 aliphatic carbocycles. The Hall–Kier alpha value is -6.34. The molecule has 0 saturated carbocycles. The summed E-state index contributed by atoms with van der Waals surface area (Å²) < 4.78 is 26.0. The van der Waals surface area contributed by atoms with Crippen LogP contribution in [0, 0.1) is 50.5 Å². The number of benzene rings is 4. The highest BCUT2D eigenvalue weighted by molar-refractivity contribution is 6.34. The number of rotatable bonds is 10. The predicted octanol–water partition coefficient (Wildman–Crippen LogP) is 6.00. The molecule has 15 nitrogen and oxygen atoms in total. The van der Waals surface area contributed by atoms with Gasteiger partial charge in [-0.05, 0) is 99.2 Å². The Balaban J connectivity index is 0.000000339. The molecule has 19 heteroatoms. The van der Waals surface area contributed by atoms with Crippen LogP contribution in [0.15, 0.2) is 60.7 Å². The van der Waals surface area contributed by atoms with Gasteiger partial charge >= 0.3 is 5.97 Å². The number of nitrogens with one attached hydrogen (secondary N) is 3. The number of aliphatic carboxylic acids is 1. The minimum Gasteiger partial charge on any atom is -0.505 e. The van der Waals surface area contributed by atoms with E-state index in [9.17, 15) is 38.2 Å². The molecular weight excluding hydrogens is 817 g/mol. The highest BCUT2D eigenvalue weighted by atomic mass is 35.5. The first-order chi connectivity index (χ1) is 27.7. The summed E-state index contributed by atoms with van der Waals surface area (Å²) in [5, 5.41) is 47.0. The summed E-state index contributed by atoms with van der Waals surface area (Å²) in [6.45, 7) is 20.4. The first kappa shape index (κ1) is 48.8. The van der Waals surface area contributed by atoms with Crippen molar-refractivity contribution in [3.8, 4) is 11.5 Å². The van der Waals surface area contributed by atoms with Gasteiger partial charge < -0.3 is 25.5 Å². The molecule has 4 aromatic rings. The SMILES string of the molecule is NNC(=O)c1ccc(O)c(F)c1.[C-]#[N+]c1ccc(C[C@@H](C(=O)NNC(=O)c2ccc(O)c(F)c2)[C@H](C)O)c(C)c1Cl.[C-]#[N+]c1ccc(C[C@@H](C(=O)O)[C@H](C)O)c(C)c1Cl. The summed E-state index contributed by atoms with van der Waals surface area (Å²) in [6.07, 6.45) is -1.67. The summed E-state index contributed by atoms with van der Waals surface area (Å²) >= 11 is 12.2. The van der Waals surface area contributed by atoms with Crippen molar-refractivity contribution in [2.75, 3.05) is 0 Å². The fourth-order valence-electron chi connectivity index (χ4n) is 5.12. The number of hydrazine groups is 2. The fourth-order valence-corrected chi connectivity index (χ4v) is 5.57. The smallest absolute Gasteiger partial charge is 0.309 e. The van der Waals surface area contributed by atoms with E-state index in [-0.39, 0.29) is 29.0 Å². The molecule has 0 fully saturated rings. The van der Waals surface area contributed by atoms with Gasteiger partial charge in [0.1, 0.15) is 0 Å². The lowest BCUT2D eigenvalue weighted by atomic mass is 9.91. The number of nitrogens with two attached hydrogens (primary N) is 1. The molecule has 4 rings (SSSR count). The zero-order valence-electron chi connectivity index (χ0n) is 31.8. The normalized spacial score (nSPS) is 12.3. The third-order valence-corrected chi connectivity index (χ3v) is 9.70. The van der Waals surface area contributed by atoms with Gasteiger partial charge in [0, 0.05) is 11.1 Å². The van der Waals surface area contributed by atoms with Crippen molar-refractivity contribution in [1.29, 1.82) is 0 Å². The van der Waals surface area contributed by atoms with E-state index in [1.807, 2.05) is 5.43 Å². The van der Waals surface area contributed by atoms with Crippen molar-refractivity contribution in [3.05, 3.63) is 139 Å². The first-order valence-electron chi connectivity index (χ1n) is 17.2. The average molecular weight is 858 g/mol. The van der Waals surface area contributed by atoms with E-state index >= 15 is 0 Å². The number of phenolic OH excluding ortho intramolecular Hbond substituents is 2. The minimum absolute atomic E-state index is 0.0628. The van der Waals surface area contributed by atoms with Crippen LogP contribution in [0.4, 0.5) is 20.2 Å². The number of hydrogen-bond acceptors (Lipinski definition) is 9. The topological polar surface area (TPSA) is 240 Å². The molecule has 0 unspecified atom stereocenters. The number of hydrogen-bond donors (Lipinski definition) is 9. The number of carbonyl (C=O) groups is 4. The van der Waals surface area contributed by atoms with Crippen molar-refractivity contribution in [1.82, 2.24) is 16.3 Å². The molecule has 0 bridgehead atoms. The molecule has 0 saturated heterocycles. The molecule has 4 atom stereocenters. The van der Waals surface area contributed by atoms with Crippen LogP contribution in [0.3, 0.4) is 0 Å². The van der Waals surface area contributed by atoms with Crippen molar-refractivity contribution in [3.63, 3.8) is 0 Å². The van der Waals surface area contributed by atoms with Crippen LogP contribution in [-0.2, 0) is 22.4 Å². The Labute approximate surface area is 347 Å². The van der Waals surface area contributed by atoms with Gasteiger partial charge in [-0.25, -0.2) is 24.3 Å². The van der Waals surface area contributed by atoms with Gasteiger partial charge in [0.25, 0.3) is 11.8 Å². The summed E-state index contributed by atoms with van der Waals surface area (Å²) in [5.74, 6) is -3.00. The molecule has 0 heterocycles. The van der Waals surface area contributed by atoms with Crippen molar-refractivity contribution >= 4 is 58.3 Å². The average Bonchev–Trinajstić information content (AvgIpc) is 3.19. The quantitative estimate of drug-likeness (QED) is 0.0390. The van der Waals surface area contributed by atoms with E-state index in [1.54, 1.807) is 32.0 Å². The van der Waals surface area contributed by atoms with Gasteiger partial charge in [-0.1, -0.05) is 47.5 Å². The van der Waals surface area contributed by atoms with Crippen molar-refractivity contribution in [2.45, 2.75) is 52.7 Å². The summed E-state index contributed by atoms with van der Waals surface area (Å²) in [4.78, 5) is 52.9. The van der Waals surface area contributed by atoms with Crippen LogP contribution in [0.5, 0.6) is 11.5 Å². The largest absolute Gasteiger partial charge is 0.505 e. The Kier molecular flexibility index (Phi) is 18.7. The monoisotopic (exact) mass is 856 g/mol. The number of carboxylic acids is 1. The molecule has 10 N–H and O–H groups in total. The molecule has 312 valence electrons. The molecule has 0 aromatic heterocycles. The molecule has 0 radical (unpaired) electrons. The maximum atomic E-state index is 13.4. The Bertz CT molecular complexity index is 2280. The van der Waals surface area contributed by atoms with Crippen LogP contribution < -0.4 is 22.1 Å². The number of phenols is 2. The molecule has 0 aliphatic rings. The molecular formula is C40H40Cl2F2N6O9. The maximum absolute atomic E-state index is 13.4. The van der Waals surface area contributed by atoms with Gasteiger partial charge in [0.05, 0.1) is 47.2 Å². The van der Waals surface area contributed by atoms with Gasteiger partial charge in [-0.2, -0.15) is 0 Å². The van der Waals surface area contributed by atoms with Crippen LogP contribution in [0.1, 0.15) is 56.8 Å². The second-order valence-corrected chi connectivity index (χ2v) is 13.5. The van der Waals surface area contributed by atoms with Gasteiger partial charge in [0.15, 0.2) is 23.1 Å². The summed E-state index contributed by atoms with van der Waals surface area (Å²) in [6, 6.07) is 12.7. The first-order valence-corrected chi connectivity index (χ1v) is 17.9. The zero-order chi connectivity index (χ0) is 44.7. The number of aliphatic hydroxyl groups is 2. The van der Waals surface area contributed by atoms with E-state index in [1.165, 1.54) is 32.0 Å². The lowest BCUT2D eigenvalue weighted by molar-refractivity contribution is -0.145. The van der Waals surface area contributed by atoms with E-state index in [4.69, 9.17) is 57.5 Å². The third-order valence-electron chi connectivity index (χ3n) is 8.75. The van der Waals surface area contributed by atoms with Gasteiger partial charge in [-0.3, -0.25) is 35.5 Å². The van der Waals surface area contributed by atoms with Gasteiger partial charge in [0.2, 0.25) is 17.3 Å². The fraction of sp³-hybridized carbons (Fsp3) is 0.250. The van der Waals surface area contributed by atoms with Crippen LogP contribution in [-0.4, -0.2) is 61.4 Å². The van der Waals surface area contributed by atoms with Crippen LogP contribution >= 0.6 is 23.2 Å². The second-order valence-electron chi connectivity index (χ2n) is 12.8. The van der Waals surface area contributed by atoms with Gasteiger partial charge in [-0.15, -0.1) is 0 Å². The van der Waals surface area contributed by atoms with Crippen LogP contribution in [0.2, 0.25) is 10.0 Å². The highest BCUT2D eigenvalue weighted by Crippen LogP contribution is 2.33. The van der Waals surface area contributed by atoms with E-state index in [0.717, 1.165) is 29.8 Å². The zero-order valence-corrected chi connectivity index (χ0v) is 33.4. The molecule has 59 heavy (non-hydrogen) atoms. The maximum Gasteiger partial charge on any atom is 0.309 e. The molecule has 0 aliphatic heterocycles. The highest BCUT2D eigenvalue weighted by Gasteiger charge is 2.27. The predicted molar refractivity (Wildman–Crippen MR) is 214 cm³/mol. The Morgan fingerprint density at radius 1 is 0.712 bits per heavy atom. The standard InChI is InChI=1S/C20H19ClFN3O4.C13H14ClNO3.C7H7FN2O2/c1-10-12(4-6-16(23-3)18(10)21)8-14(11(2)26)20(29)25-24-19(28)13-5-7-17(27)15(22)9-13;1-7-9(4-5-11(15-3)12(7)14)6-10(8(2)16)13(17)18;8-5-3-4(7(12)10-9)1-2-6(5)11/h4-7,9,11,14,26-27H,8H2,1-2H3,(H,24,28)(H,25,29);4-5,8,10,16H,6H2,1-2H3,(H,17,18);1-3,11H,9H2,(H,10,12)/t11-,14+;8-,10+;/m00./s1. The minimum atomic E-state index is -1.05. The molecule has 3 amide bonds. The summed E-state index contributed by atoms with van der Waals surface area (Å²) in [5.41, 5.74) is 9.53. The number of nitrogens with zero attached hydrogens (tertiary/aromatic N) is 2. The number of nitrogen functional groups attached to an aromatic ring is 1. The lowest BCUT2D eigenvalue weighted by Crippen LogP contribution is -2.47. The van der Waals surface area contributed by atoms with E-state index in [0.29, 0.717) is 33.1 Å². The molecule has 0 spiro atoms. The molecule has 4 aromatic carbocycles. The lowest BCUT2D eigenvalue weighted by Gasteiger charge is -2.21. The number of halogens is 4.